The summed E-state index contributed by atoms with van der Waals surface area (Å²) in [6.07, 6.45) is 18.0. The van der Waals surface area contributed by atoms with Gasteiger partial charge in [0.2, 0.25) is 0 Å². The molecule has 0 saturated heterocycles. The SMILES string of the molecule is CC(C)CCC[C@@H](C)[C@H]1CC[C@H]2[C@@H]3CC=C4CC(Cl)CC[C@]4(C)[C@@H]3CC[C@]12C. The topological polar surface area (TPSA) is 0 Å². The predicted molar refractivity (Wildman–Crippen MR) is 123 cm³/mol. The van der Waals surface area contributed by atoms with Gasteiger partial charge in [0.05, 0.1) is 0 Å². The molecule has 0 radical (unpaired) electrons. The van der Waals surface area contributed by atoms with Gasteiger partial charge in [-0.1, -0.05) is 65.5 Å². The number of rotatable bonds is 5. The molecule has 0 nitrogen and oxygen atoms in total. The second-order valence-electron chi connectivity index (χ2n) is 12.1. The number of allylic oxidation sites excluding steroid dienone is 2. The minimum Gasteiger partial charge on any atom is -0.123 e. The standard InChI is InChI=1S/C27H45Cl/c1-18(2)7-6-8-19(3)23-11-12-24-22-10-9-20-17-21(28)13-15-26(20,4)25(22)14-16-27(23,24)5/h9,18-19,21-25H,6-8,10-17H2,1-5H3/t19-,21?,22+,23-,24+,25-,26+,27-/m1/s1. The van der Waals surface area contributed by atoms with Crippen LogP contribution in [0.3, 0.4) is 0 Å². The van der Waals surface area contributed by atoms with E-state index in [1.165, 1.54) is 70.6 Å². The van der Waals surface area contributed by atoms with E-state index >= 15 is 0 Å². The molecule has 0 bridgehead atoms. The molecule has 0 amide bonds. The molecule has 4 aliphatic rings. The smallest absolute Gasteiger partial charge is 0.0373 e. The van der Waals surface area contributed by atoms with Gasteiger partial charge in [0, 0.05) is 5.38 Å². The Morgan fingerprint density at radius 2 is 1.79 bits per heavy atom. The van der Waals surface area contributed by atoms with Crippen molar-refractivity contribution in [2.75, 3.05) is 0 Å². The highest BCUT2D eigenvalue weighted by Gasteiger charge is 2.58. The lowest BCUT2D eigenvalue weighted by atomic mass is 9.47. The number of hydrogen-bond donors (Lipinski definition) is 0. The average molecular weight is 405 g/mol. The fourth-order valence-corrected chi connectivity index (χ4v) is 8.92. The Morgan fingerprint density at radius 3 is 2.54 bits per heavy atom. The fourth-order valence-electron chi connectivity index (χ4n) is 8.64. The van der Waals surface area contributed by atoms with Gasteiger partial charge in [-0.25, -0.2) is 0 Å². The molecule has 0 aromatic rings. The van der Waals surface area contributed by atoms with Gasteiger partial charge in [-0.05, 0) is 97.7 Å². The zero-order valence-electron chi connectivity index (χ0n) is 19.3. The van der Waals surface area contributed by atoms with Crippen molar-refractivity contribution in [3.63, 3.8) is 0 Å². The van der Waals surface area contributed by atoms with Crippen LogP contribution < -0.4 is 0 Å². The molecule has 28 heavy (non-hydrogen) atoms. The van der Waals surface area contributed by atoms with Crippen molar-refractivity contribution in [3.05, 3.63) is 11.6 Å². The highest BCUT2D eigenvalue weighted by atomic mass is 35.5. The van der Waals surface area contributed by atoms with Crippen molar-refractivity contribution in [3.8, 4) is 0 Å². The Bertz CT molecular complexity index is 591. The van der Waals surface area contributed by atoms with Crippen LogP contribution in [0.2, 0.25) is 0 Å². The van der Waals surface area contributed by atoms with E-state index in [0.717, 1.165) is 35.5 Å². The maximum Gasteiger partial charge on any atom is 0.0373 e. The third-order valence-corrected chi connectivity index (χ3v) is 10.6. The first-order valence-corrected chi connectivity index (χ1v) is 13.0. The van der Waals surface area contributed by atoms with E-state index in [-0.39, 0.29) is 0 Å². The normalized spacial score (nSPS) is 46.5. The fraction of sp³-hybridized carbons (Fsp3) is 0.926. The van der Waals surface area contributed by atoms with Crippen LogP contribution in [-0.2, 0) is 0 Å². The van der Waals surface area contributed by atoms with Gasteiger partial charge in [0.15, 0.2) is 0 Å². The summed E-state index contributed by atoms with van der Waals surface area (Å²) in [6.45, 7) is 12.7. The molecule has 0 spiro atoms. The molecule has 0 aliphatic heterocycles. The molecule has 3 saturated carbocycles. The van der Waals surface area contributed by atoms with E-state index in [1.54, 1.807) is 5.57 Å². The number of hydrogen-bond acceptors (Lipinski definition) is 0. The van der Waals surface area contributed by atoms with Crippen molar-refractivity contribution < 1.29 is 0 Å². The third kappa shape index (κ3) is 3.52. The summed E-state index contributed by atoms with van der Waals surface area (Å²) in [5.74, 6) is 5.62. The molecular weight excluding hydrogens is 360 g/mol. The first-order valence-electron chi connectivity index (χ1n) is 12.6. The summed E-state index contributed by atoms with van der Waals surface area (Å²) in [4.78, 5) is 0. The van der Waals surface area contributed by atoms with Crippen LogP contribution in [0, 0.1) is 46.3 Å². The van der Waals surface area contributed by atoms with Crippen LogP contribution in [0.4, 0.5) is 0 Å². The van der Waals surface area contributed by atoms with E-state index in [4.69, 9.17) is 11.6 Å². The highest BCUT2D eigenvalue weighted by Crippen LogP contribution is 2.67. The Kier molecular flexibility index (Phi) is 6.03. The van der Waals surface area contributed by atoms with Crippen LogP contribution in [0.25, 0.3) is 0 Å². The Balaban J connectivity index is 1.49. The van der Waals surface area contributed by atoms with Crippen LogP contribution >= 0.6 is 11.6 Å². The minimum atomic E-state index is 0.396. The zero-order valence-corrected chi connectivity index (χ0v) is 20.0. The highest BCUT2D eigenvalue weighted by molar-refractivity contribution is 6.20. The maximum absolute atomic E-state index is 6.56. The van der Waals surface area contributed by atoms with Gasteiger partial charge in [0.1, 0.15) is 0 Å². The molecule has 0 N–H and O–H groups in total. The average Bonchev–Trinajstić information content (AvgIpc) is 2.99. The lowest BCUT2D eigenvalue weighted by Gasteiger charge is -2.58. The van der Waals surface area contributed by atoms with E-state index in [1.807, 2.05) is 0 Å². The molecule has 0 heterocycles. The number of halogens is 1. The third-order valence-electron chi connectivity index (χ3n) is 10.2. The van der Waals surface area contributed by atoms with Crippen molar-refractivity contribution in [2.45, 2.75) is 111 Å². The second kappa shape index (κ2) is 7.94. The monoisotopic (exact) mass is 404 g/mol. The Morgan fingerprint density at radius 1 is 1.00 bits per heavy atom. The molecule has 3 fully saturated rings. The van der Waals surface area contributed by atoms with Gasteiger partial charge < -0.3 is 0 Å². The van der Waals surface area contributed by atoms with E-state index in [9.17, 15) is 0 Å². The lowest BCUT2D eigenvalue weighted by Crippen LogP contribution is -2.50. The predicted octanol–water partition coefficient (Wildman–Crippen LogP) is 8.64. The van der Waals surface area contributed by atoms with Crippen molar-refractivity contribution in [1.29, 1.82) is 0 Å². The number of alkyl halides is 1. The van der Waals surface area contributed by atoms with Crippen LogP contribution in [0.5, 0.6) is 0 Å². The molecule has 160 valence electrons. The Hall–Kier alpha value is 0.0300. The van der Waals surface area contributed by atoms with Gasteiger partial charge in [-0.2, -0.15) is 0 Å². The van der Waals surface area contributed by atoms with Crippen molar-refractivity contribution >= 4 is 11.6 Å². The summed E-state index contributed by atoms with van der Waals surface area (Å²) < 4.78 is 0. The minimum absolute atomic E-state index is 0.396. The van der Waals surface area contributed by atoms with Gasteiger partial charge in [0.25, 0.3) is 0 Å². The second-order valence-corrected chi connectivity index (χ2v) is 12.7. The van der Waals surface area contributed by atoms with Gasteiger partial charge in [-0.15, -0.1) is 11.6 Å². The number of fused-ring (bicyclic) bond motifs is 5. The molecule has 0 aromatic carbocycles. The molecule has 1 unspecified atom stereocenters. The molecule has 1 heteroatoms. The zero-order chi connectivity index (χ0) is 20.1. The van der Waals surface area contributed by atoms with Crippen LogP contribution in [-0.4, -0.2) is 5.38 Å². The Labute approximate surface area is 180 Å². The molecular formula is C27H45Cl. The van der Waals surface area contributed by atoms with Crippen LogP contribution in [0.1, 0.15) is 105 Å². The molecule has 4 aliphatic carbocycles. The lowest BCUT2D eigenvalue weighted by molar-refractivity contribution is -0.0498. The van der Waals surface area contributed by atoms with E-state index < -0.39 is 0 Å². The van der Waals surface area contributed by atoms with Gasteiger partial charge >= 0.3 is 0 Å². The van der Waals surface area contributed by atoms with Gasteiger partial charge in [-0.3, -0.25) is 0 Å². The summed E-state index contributed by atoms with van der Waals surface area (Å²) in [5.41, 5.74) is 2.82. The van der Waals surface area contributed by atoms with Crippen LogP contribution in [0.15, 0.2) is 11.6 Å². The first kappa shape index (κ1) is 21.3. The van der Waals surface area contributed by atoms with Crippen molar-refractivity contribution in [2.24, 2.45) is 46.3 Å². The first-order chi connectivity index (χ1) is 13.3. The quantitative estimate of drug-likeness (QED) is 0.317. The maximum atomic E-state index is 6.56. The molecule has 8 atom stereocenters. The molecule has 4 rings (SSSR count). The largest absolute Gasteiger partial charge is 0.123 e. The van der Waals surface area contributed by atoms with Crippen molar-refractivity contribution in [1.82, 2.24) is 0 Å². The summed E-state index contributed by atoms with van der Waals surface area (Å²) in [6, 6.07) is 0. The van der Waals surface area contributed by atoms with E-state index in [2.05, 4.69) is 40.7 Å². The van der Waals surface area contributed by atoms with E-state index in [0.29, 0.717) is 16.2 Å². The summed E-state index contributed by atoms with van der Waals surface area (Å²) in [5, 5.41) is 0.396. The summed E-state index contributed by atoms with van der Waals surface area (Å²) in [7, 11) is 0. The molecule has 0 aromatic heterocycles. The summed E-state index contributed by atoms with van der Waals surface area (Å²) >= 11 is 6.56.